The van der Waals surface area contributed by atoms with Crippen LogP contribution in [0.5, 0.6) is 5.75 Å². The molecule has 4 aliphatic heterocycles. The van der Waals surface area contributed by atoms with Crippen LogP contribution in [0, 0.1) is 0 Å². The predicted molar refractivity (Wildman–Crippen MR) is 169 cm³/mol. The molecule has 228 valence electrons. The van der Waals surface area contributed by atoms with Crippen LogP contribution in [-0.4, -0.2) is 71.3 Å². The van der Waals surface area contributed by atoms with Crippen molar-refractivity contribution in [2.24, 2.45) is 0 Å². The molecule has 11 nitrogen and oxygen atoms in total. The molecule has 2 amide bonds. The Labute approximate surface area is 260 Å². The van der Waals surface area contributed by atoms with Crippen molar-refractivity contribution in [1.82, 2.24) is 30.2 Å². The molecule has 5 N–H and O–H groups in total. The molecule has 4 atom stereocenters. The highest BCUT2D eigenvalue weighted by molar-refractivity contribution is 6.29. The van der Waals surface area contributed by atoms with Crippen molar-refractivity contribution in [1.29, 1.82) is 0 Å². The van der Waals surface area contributed by atoms with Crippen LogP contribution in [0.2, 0.25) is 5.15 Å². The Kier molecular flexibility index (Phi) is 7.98. The van der Waals surface area contributed by atoms with E-state index in [9.17, 15) is 14.7 Å². The molecule has 4 unspecified atom stereocenters. The number of anilines is 2. The number of benzene rings is 1. The number of hydrogen-bond acceptors (Lipinski definition) is 9. The Balaban J connectivity index is 0.000000162. The molecule has 0 spiro atoms. The summed E-state index contributed by atoms with van der Waals surface area (Å²) in [6.07, 6.45) is 9.87. The summed E-state index contributed by atoms with van der Waals surface area (Å²) in [6, 6.07) is 11.5. The SMILES string of the molecule is CC(=O)N1C2C=C(c3cc(-c4ccccc4O)nnc3N)CC1CC2.CC(=O)N1C2C=C(c3cc(Cl)nnc3N)CC1CC2. The number of rotatable bonds is 3. The number of hydrogen-bond donors (Lipinski definition) is 3. The van der Waals surface area contributed by atoms with Gasteiger partial charge in [0.15, 0.2) is 16.8 Å². The summed E-state index contributed by atoms with van der Waals surface area (Å²) in [5.41, 5.74) is 17.1. The summed E-state index contributed by atoms with van der Waals surface area (Å²) in [6.45, 7) is 3.26. The van der Waals surface area contributed by atoms with Crippen molar-refractivity contribution < 1.29 is 14.7 Å². The van der Waals surface area contributed by atoms with E-state index in [0.29, 0.717) is 28.0 Å². The van der Waals surface area contributed by atoms with Gasteiger partial charge in [0.05, 0.1) is 17.8 Å². The van der Waals surface area contributed by atoms with E-state index < -0.39 is 0 Å². The minimum atomic E-state index is 0.124. The largest absolute Gasteiger partial charge is 0.507 e. The van der Waals surface area contributed by atoms with E-state index in [1.54, 1.807) is 38.1 Å². The van der Waals surface area contributed by atoms with Crippen LogP contribution in [0.25, 0.3) is 22.4 Å². The zero-order chi connectivity index (χ0) is 31.1. The highest BCUT2D eigenvalue weighted by atomic mass is 35.5. The number of phenols is 1. The van der Waals surface area contributed by atoms with Crippen molar-refractivity contribution >= 4 is 46.2 Å². The maximum atomic E-state index is 11.9. The zero-order valence-electron chi connectivity index (χ0n) is 24.7. The first-order valence-electron chi connectivity index (χ1n) is 14.8. The third-order valence-electron chi connectivity index (χ3n) is 9.01. The third-order valence-corrected chi connectivity index (χ3v) is 9.19. The molecule has 3 aromatic rings. The molecule has 12 heteroatoms. The highest BCUT2D eigenvalue weighted by Crippen LogP contribution is 2.41. The molecule has 0 aliphatic carbocycles. The standard InChI is InChI=1S/C19H20N4O2.C13H15ClN4O/c1-11(24)23-13-6-7-14(23)9-12(8-13)16-10-17(21-22-19(16)20)15-4-2-3-5-18(15)25;1-7(19)18-9-2-3-10(18)5-8(4-9)11-6-12(14)16-17-13(11)15/h2-5,8,10,13-14,25H,6-7,9H2,1H3,(H2,20,22);4,6,9-10H,2-3,5H2,1H3,(H2,15,17). The molecule has 2 saturated heterocycles. The van der Waals surface area contributed by atoms with Gasteiger partial charge in [0.25, 0.3) is 0 Å². The lowest BCUT2D eigenvalue weighted by Gasteiger charge is -2.33. The fraction of sp³-hybridized carbons (Fsp3) is 0.375. The molecular weight excluding hydrogens is 580 g/mol. The number of nitrogen functional groups attached to an aromatic ring is 2. The Bertz CT molecular complexity index is 1690. The van der Waals surface area contributed by atoms with Crippen molar-refractivity contribution in [3.63, 3.8) is 0 Å². The molecule has 4 bridgehead atoms. The Morgan fingerprint density at radius 2 is 1.30 bits per heavy atom. The lowest BCUT2D eigenvalue weighted by molar-refractivity contribution is -0.131. The van der Waals surface area contributed by atoms with Gasteiger partial charge in [0, 0.05) is 42.6 Å². The molecule has 7 rings (SSSR count). The van der Waals surface area contributed by atoms with Crippen LogP contribution in [0.1, 0.15) is 63.5 Å². The van der Waals surface area contributed by atoms with Gasteiger partial charge >= 0.3 is 0 Å². The summed E-state index contributed by atoms with van der Waals surface area (Å²) in [7, 11) is 0. The van der Waals surface area contributed by atoms with E-state index in [4.69, 9.17) is 23.1 Å². The predicted octanol–water partition coefficient (Wildman–Crippen LogP) is 4.48. The maximum absolute atomic E-state index is 11.9. The average molecular weight is 615 g/mol. The smallest absolute Gasteiger partial charge is 0.220 e. The van der Waals surface area contributed by atoms with Gasteiger partial charge in [-0.3, -0.25) is 9.59 Å². The monoisotopic (exact) mass is 614 g/mol. The number of para-hydroxylation sites is 1. The number of aromatic nitrogens is 4. The summed E-state index contributed by atoms with van der Waals surface area (Å²) in [4.78, 5) is 27.5. The van der Waals surface area contributed by atoms with Crippen molar-refractivity contribution in [3.8, 4) is 17.0 Å². The third kappa shape index (κ3) is 5.59. The molecule has 1 aromatic carbocycles. The van der Waals surface area contributed by atoms with Gasteiger partial charge in [-0.2, -0.15) is 0 Å². The van der Waals surface area contributed by atoms with Crippen LogP contribution in [0.15, 0.2) is 48.6 Å². The molecule has 2 aromatic heterocycles. The van der Waals surface area contributed by atoms with E-state index >= 15 is 0 Å². The topological polar surface area (TPSA) is 164 Å². The summed E-state index contributed by atoms with van der Waals surface area (Å²) >= 11 is 5.88. The van der Waals surface area contributed by atoms with E-state index in [0.717, 1.165) is 60.8 Å². The molecule has 2 fully saturated rings. The van der Waals surface area contributed by atoms with Crippen molar-refractivity contribution in [3.05, 3.63) is 64.8 Å². The second-order valence-electron chi connectivity index (χ2n) is 11.8. The van der Waals surface area contributed by atoms with Crippen LogP contribution >= 0.6 is 11.6 Å². The summed E-state index contributed by atoms with van der Waals surface area (Å²) in [5.74, 6) is 1.19. The first-order chi connectivity index (χ1) is 21.1. The van der Waals surface area contributed by atoms with Gasteiger partial charge in [0.1, 0.15) is 5.75 Å². The van der Waals surface area contributed by atoms with Gasteiger partial charge in [-0.1, -0.05) is 35.9 Å². The molecule has 44 heavy (non-hydrogen) atoms. The number of phenolic OH excluding ortho intramolecular Hbond substituents is 1. The number of nitrogens with zero attached hydrogens (tertiary/aromatic N) is 6. The number of aromatic hydroxyl groups is 1. The normalized spacial score (nSPS) is 23.4. The second-order valence-corrected chi connectivity index (χ2v) is 12.1. The number of amides is 2. The molecule has 6 heterocycles. The first-order valence-corrected chi connectivity index (χ1v) is 15.2. The number of carbonyl (C=O) groups excluding carboxylic acids is 2. The minimum absolute atomic E-state index is 0.124. The first kappa shape index (κ1) is 29.6. The van der Waals surface area contributed by atoms with Gasteiger partial charge in [-0.25, -0.2) is 0 Å². The fourth-order valence-corrected chi connectivity index (χ4v) is 7.30. The molecular formula is C32H35ClN8O3. The average Bonchev–Trinajstić information content (AvgIpc) is 3.43. The Morgan fingerprint density at radius 3 is 1.82 bits per heavy atom. The van der Waals surface area contributed by atoms with Gasteiger partial charge in [0.2, 0.25) is 11.8 Å². The number of halogens is 1. The van der Waals surface area contributed by atoms with Crippen LogP contribution < -0.4 is 11.5 Å². The molecule has 0 saturated carbocycles. The van der Waals surface area contributed by atoms with Crippen LogP contribution in [-0.2, 0) is 9.59 Å². The van der Waals surface area contributed by atoms with Gasteiger partial charge in [-0.05, 0) is 73.9 Å². The number of carbonyl (C=O) groups is 2. The molecule has 0 radical (unpaired) electrons. The number of fused-ring (bicyclic) bond motifs is 4. The minimum Gasteiger partial charge on any atom is -0.507 e. The zero-order valence-corrected chi connectivity index (χ0v) is 25.4. The molecule has 4 aliphatic rings. The van der Waals surface area contributed by atoms with E-state index in [1.165, 1.54) is 0 Å². The van der Waals surface area contributed by atoms with Crippen molar-refractivity contribution in [2.45, 2.75) is 76.5 Å². The van der Waals surface area contributed by atoms with E-state index in [2.05, 4.69) is 32.5 Å². The summed E-state index contributed by atoms with van der Waals surface area (Å²) < 4.78 is 0. The summed E-state index contributed by atoms with van der Waals surface area (Å²) in [5, 5.41) is 26.2. The van der Waals surface area contributed by atoms with Gasteiger partial charge in [-0.15, -0.1) is 20.4 Å². The van der Waals surface area contributed by atoms with Gasteiger partial charge < -0.3 is 26.4 Å². The van der Waals surface area contributed by atoms with E-state index in [-0.39, 0.29) is 41.7 Å². The Hall–Kier alpha value is -4.51. The van der Waals surface area contributed by atoms with Crippen LogP contribution in [0.3, 0.4) is 0 Å². The second kappa shape index (κ2) is 11.9. The highest BCUT2D eigenvalue weighted by Gasteiger charge is 2.39. The maximum Gasteiger partial charge on any atom is 0.220 e. The quantitative estimate of drug-likeness (QED) is 0.386. The van der Waals surface area contributed by atoms with E-state index in [1.807, 2.05) is 21.9 Å². The Morgan fingerprint density at radius 1 is 0.773 bits per heavy atom. The van der Waals surface area contributed by atoms with Crippen LogP contribution in [0.4, 0.5) is 11.6 Å². The number of nitrogens with two attached hydrogens (primary N) is 2. The fourth-order valence-electron chi connectivity index (χ4n) is 7.16. The van der Waals surface area contributed by atoms with Crippen molar-refractivity contribution in [2.75, 3.05) is 11.5 Å². The lowest BCUT2D eigenvalue weighted by Crippen LogP contribution is -2.41. The lowest BCUT2D eigenvalue weighted by atomic mass is 9.94.